The molecule has 2 aromatic rings. The maximum absolute atomic E-state index is 12.6. The lowest BCUT2D eigenvalue weighted by molar-refractivity contribution is 0.0698. The summed E-state index contributed by atoms with van der Waals surface area (Å²) in [7, 11) is -3.42. The summed E-state index contributed by atoms with van der Waals surface area (Å²) < 4.78 is 26.6. The summed E-state index contributed by atoms with van der Waals surface area (Å²) in [5.41, 5.74) is 6.77. The van der Waals surface area contributed by atoms with E-state index >= 15 is 0 Å². The summed E-state index contributed by atoms with van der Waals surface area (Å²) in [6.45, 7) is 1.19. The molecule has 1 saturated heterocycles. The molecule has 0 spiro atoms. The molecule has 8 nitrogen and oxygen atoms in total. The van der Waals surface area contributed by atoms with E-state index in [0.29, 0.717) is 24.3 Å². The van der Waals surface area contributed by atoms with Gasteiger partial charge >= 0.3 is 6.03 Å². The molecular formula is C19H22N4O4S. The predicted molar refractivity (Wildman–Crippen MR) is 106 cm³/mol. The SMILES string of the molecule is NC(=O)Nc1ccc(C(=O)N2CCN(S(=O)(=O)Cc3ccccc3)CC2)cc1. The van der Waals surface area contributed by atoms with Gasteiger partial charge in [-0.05, 0) is 29.8 Å². The van der Waals surface area contributed by atoms with Gasteiger partial charge in [0.1, 0.15) is 0 Å². The molecule has 148 valence electrons. The smallest absolute Gasteiger partial charge is 0.316 e. The molecular weight excluding hydrogens is 380 g/mol. The van der Waals surface area contributed by atoms with Gasteiger partial charge in [0, 0.05) is 37.4 Å². The number of carbonyl (C=O) groups excluding carboxylic acids is 2. The maximum atomic E-state index is 12.6. The van der Waals surface area contributed by atoms with Gasteiger partial charge in [-0.3, -0.25) is 4.79 Å². The molecule has 9 heteroatoms. The summed E-state index contributed by atoms with van der Waals surface area (Å²) >= 11 is 0. The zero-order chi connectivity index (χ0) is 20.1. The second-order valence-corrected chi connectivity index (χ2v) is 8.47. The van der Waals surface area contributed by atoms with Gasteiger partial charge in [0.05, 0.1) is 5.75 Å². The number of nitrogens with zero attached hydrogens (tertiary/aromatic N) is 2. The highest BCUT2D eigenvalue weighted by atomic mass is 32.2. The Morgan fingerprint density at radius 2 is 1.54 bits per heavy atom. The van der Waals surface area contributed by atoms with Crippen LogP contribution in [0.25, 0.3) is 0 Å². The van der Waals surface area contributed by atoms with E-state index in [-0.39, 0.29) is 24.7 Å². The summed E-state index contributed by atoms with van der Waals surface area (Å²) in [4.78, 5) is 25.1. The minimum Gasteiger partial charge on any atom is -0.351 e. The molecule has 1 aliphatic rings. The van der Waals surface area contributed by atoms with Crippen molar-refractivity contribution >= 4 is 27.6 Å². The number of rotatable bonds is 5. The first-order chi connectivity index (χ1) is 13.3. The zero-order valence-corrected chi connectivity index (χ0v) is 16.1. The molecule has 3 N–H and O–H groups in total. The molecule has 3 rings (SSSR count). The summed E-state index contributed by atoms with van der Waals surface area (Å²) in [5, 5.41) is 2.43. The average molecular weight is 402 g/mol. The van der Waals surface area contributed by atoms with E-state index in [9.17, 15) is 18.0 Å². The minimum absolute atomic E-state index is 0.0455. The molecule has 2 aromatic carbocycles. The number of urea groups is 1. The third-order valence-electron chi connectivity index (χ3n) is 4.51. The Morgan fingerprint density at radius 3 is 2.11 bits per heavy atom. The minimum atomic E-state index is -3.42. The van der Waals surface area contributed by atoms with Gasteiger partial charge < -0.3 is 16.0 Å². The predicted octanol–water partition coefficient (Wildman–Crippen LogP) is 1.47. The third kappa shape index (κ3) is 4.87. The van der Waals surface area contributed by atoms with Crippen LogP contribution in [0.4, 0.5) is 10.5 Å². The topological polar surface area (TPSA) is 113 Å². The highest BCUT2D eigenvalue weighted by Gasteiger charge is 2.29. The highest BCUT2D eigenvalue weighted by Crippen LogP contribution is 2.16. The largest absolute Gasteiger partial charge is 0.351 e. The van der Waals surface area contributed by atoms with E-state index in [2.05, 4.69) is 5.32 Å². The first-order valence-corrected chi connectivity index (χ1v) is 10.4. The molecule has 1 heterocycles. The molecule has 0 bridgehead atoms. The number of nitrogens with two attached hydrogens (primary N) is 1. The Balaban J connectivity index is 1.58. The van der Waals surface area contributed by atoms with Crippen LogP contribution in [0, 0.1) is 0 Å². The Labute approximate surface area is 164 Å². The van der Waals surface area contributed by atoms with Crippen molar-refractivity contribution in [3.8, 4) is 0 Å². The maximum Gasteiger partial charge on any atom is 0.316 e. The Kier molecular flexibility index (Phi) is 5.96. The molecule has 0 saturated carbocycles. The van der Waals surface area contributed by atoms with Crippen LogP contribution in [0.1, 0.15) is 15.9 Å². The second kappa shape index (κ2) is 8.41. The lowest BCUT2D eigenvalue weighted by Crippen LogP contribution is -2.50. The molecule has 0 atom stereocenters. The molecule has 0 radical (unpaired) electrons. The van der Waals surface area contributed by atoms with Crippen LogP contribution in [0.3, 0.4) is 0 Å². The van der Waals surface area contributed by atoms with Crippen LogP contribution in [0.5, 0.6) is 0 Å². The van der Waals surface area contributed by atoms with Crippen molar-refractivity contribution in [1.82, 2.24) is 9.21 Å². The van der Waals surface area contributed by atoms with Crippen molar-refractivity contribution < 1.29 is 18.0 Å². The number of benzene rings is 2. The number of hydrogen-bond donors (Lipinski definition) is 2. The highest BCUT2D eigenvalue weighted by molar-refractivity contribution is 7.88. The van der Waals surface area contributed by atoms with Crippen molar-refractivity contribution in [3.63, 3.8) is 0 Å². The molecule has 1 fully saturated rings. The number of piperazine rings is 1. The van der Waals surface area contributed by atoms with E-state index in [4.69, 9.17) is 5.73 Å². The number of carbonyl (C=O) groups is 2. The van der Waals surface area contributed by atoms with E-state index in [1.54, 1.807) is 41.3 Å². The third-order valence-corrected chi connectivity index (χ3v) is 6.36. The van der Waals surface area contributed by atoms with Crippen LogP contribution < -0.4 is 11.1 Å². The van der Waals surface area contributed by atoms with Gasteiger partial charge in [-0.2, -0.15) is 4.31 Å². The molecule has 1 aliphatic heterocycles. The fourth-order valence-corrected chi connectivity index (χ4v) is 4.58. The Bertz CT molecular complexity index is 938. The lowest BCUT2D eigenvalue weighted by Gasteiger charge is -2.34. The van der Waals surface area contributed by atoms with Crippen molar-refractivity contribution in [3.05, 3.63) is 65.7 Å². The van der Waals surface area contributed by atoms with Crippen LogP contribution in [0.15, 0.2) is 54.6 Å². The monoisotopic (exact) mass is 402 g/mol. The number of anilines is 1. The van der Waals surface area contributed by atoms with E-state index in [1.807, 2.05) is 18.2 Å². The van der Waals surface area contributed by atoms with Crippen LogP contribution in [-0.4, -0.2) is 55.7 Å². The quantitative estimate of drug-likeness (QED) is 0.788. The fraction of sp³-hybridized carbons (Fsp3) is 0.263. The lowest BCUT2D eigenvalue weighted by atomic mass is 10.1. The normalized spacial score (nSPS) is 15.2. The van der Waals surface area contributed by atoms with Crippen LogP contribution in [-0.2, 0) is 15.8 Å². The number of sulfonamides is 1. The second-order valence-electron chi connectivity index (χ2n) is 6.50. The van der Waals surface area contributed by atoms with E-state index in [0.717, 1.165) is 5.56 Å². The summed E-state index contributed by atoms with van der Waals surface area (Å²) in [6.07, 6.45) is 0. The van der Waals surface area contributed by atoms with Crippen molar-refractivity contribution in [2.24, 2.45) is 5.73 Å². The van der Waals surface area contributed by atoms with Crippen LogP contribution >= 0.6 is 0 Å². The standard InChI is InChI=1S/C19H22N4O4S/c20-19(25)21-17-8-6-16(7-9-17)18(24)22-10-12-23(13-11-22)28(26,27)14-15-4-2-1-3-5-15/h1-9H,10-14H2,(H3,20,21,25). The van der Waals surface area contributed by atoms with Gasteiger partial charge in [0.25, 0.3) is 5.91 Å². The van der Waals surface area contributed by atoms with Gasteiger partial charge in [-0.1, -0.05) is 30.3 Å². The molecule has 0 unspecified atom stereocenters. The summed E-state index contributed by atoms with van der Waals surface area (Å²) in [5.74, 6) is -0.221. The number of hydrogen-bond acceptors (Lipinski definition) is 4. The first kappa shape index (κ1) is 19.8. The van der Waals surface area contributed by atoms with Gasteiger partial charge in [0.2, 0.25) is 10.0 Å². The average Bonchev–Trinajstić information content (AvgIpc) is 2.68. The zero-order valence-electron chi connectivity index (χ0n) is 15.2. The number of nitrogens with one attached hydrogen (secondary N) is 1. The fourth-order valence-electron chi connectivity index (χ4n) is 3.07. The Hall–Kier alpha value is -2.91. The van der Waals surface area contributed by atoms with E-state index in [1.165, 1.54) is 4.31 Å². The van der Waals surface area contributed by atoms with Crippen molar-refractivity contribution in [2.45, 2.75) is 5.75 Å². The summed E-state index contributed by atoms with van der Waals surface area (Å²) in [6, 6.07) is 14.8. The van der Waals surface area contributed by atoms with Gasteiger partial charge in [-0.15, -0.1) is 0 Å². The van der Waals surface area contributed by atoms with Gasteiger partial charge in [0.15, 0.2) is 0 Å². The molecule has 28 heavy (non-hydrogen) atoms. The van der Waals surface area contributed by atoms with E-state index < -0.39 is 16.1 Å². The molecule has 0 aliphatic carbocycles. The van der Waals surface area contributed by atoms with Crippen molar-refractivity contribution in [2.75, 3.05) is 31.5 Å². The number of primary amides is 1. The molecule has 3 amide bonds. The van der Waals surface area contributed by atoms with Crippen molar-refractivity contribution in [1.29, 1.82) is 0 Å². The number of amides is 3. The van der Waals surface area contributed by atoms with Crippen LogP contribution in [0.2, 0.25) is 0 Å². The first-order valence-electron chi connectivity index (χ1n) is 8.83. The van der Waals surface area contributed by atoms with Gasteiger partial charge in [-0.25, -0.2) is 13.2 Å². The molecule has 0 aromatic heterocycles. The Morgan fingerprint density at radius 1 is 0.929 bits per heavy atom.